The molecule has 0 radical (unpaired) electrons. The van der Waals surface area contributed by atoms with Crippen molar-refractivity contribution in [3.05, 3.63) is 56.8 Å². The normalized spacial score (nSPS) is 11.2. The molecule has 3 aromatic rings. The van der Waals surface area contributed by atoms with Gasteiger partial charge in [-0.25, -0.2) is 8.78 Å². The molecule has 0 aliphatic carbocycles. The fourth-order valence-electron chi connectivity index (χ4n) is 2.01. The highest BCUT2D eigenvalue weighted by atomic mass is 35.5. The summed E-state index contributed by atoms with van der Waals surface area (Å²) in [6, 6.07) is 7.02. The van der Waals surface area contributed by atoms with Gasteiger partial charge in [-0.3, -0.25) is 4.57 Å². The Hall–Kier alpha value is -1.43. The summed E-state index contributed by atoms with van der Waals surface area (Å²) in [5.41, 5.74) is 1.13. The maximum absolute atomic E-state index is 13.9. The Balaban J connectivity index is 2.42. The number of benzene rings is 2. The molecule has 1 N–H and O–H groups in total. The Morgan fingerprint density at radius 3 is 2.55 bits per heavy atom. The van der Waals surface area contributed by atoms with Crippen LogP contribution < -0.4 is 0 Å². The van der Waals surface area contributed by atoms with Crippen LogP contribution in [-0.2, 0) is 0 Å². The van der Waals surface area contributed by atoms with Crippen molar-refractivity contribution in [2.45, 2.75) is 0 Å². The zero-order valence-electron chi connectivity index (χ0n) is 9.75. The van der Waals surface area contributed by atoms with E-state index in [1.54, 1.807) is 12.1 Å². The number of halogens is 4. The van der Waals surface area contributed by atoms with Crippen LogP contribution in [0, 0.1) is 16.4 Å². The standard InChI is InChI=1S/C13H6Cl2F2N2S/c14-6-4-9-11(5-7(6)15)19(13(20)18-9)10-3-1-2-8(16)12(10)17/h1-5H,(H,18,20). The molecule has 0 unspecified atom stereocenters. The SMILES string of the molecule is Fc1cccc(-n2c(=S)[nH]c3cc(Cl)c(Cl)cc32)c1F. The van der Waals surface area contributed by atoms with E-state index < -0.39 is 11.6 Å². The minimum atomic E-state index is -0.976. The third-order valence-corrected chi connectivity index (χ3v) is 3.90. The Bertz CT molecular complexity index is 886. The summed E-state index contributed by atoms with van der Waals surface area (Å²) in [5, 5.41) is 0.654. The molecular weight excluding hydrogens is 325 g/mol. The lowest BCUT2D eigenvalue weighted by atomic mass is 10.2. The van der Waals surface area contributed by atoms with Crippen LogP contribution in [0.4, 0.5) is 8.78 Å². The minimum absolute atomic E-state index is 0.0136. The number of fused-ring (bicyclic) bond motifs is 1. The molecular formula is C13H6Cl2F2N2S. The highest BCUT2D eigenvalue weighted by Crippen LogP contribution is 2.30. The maximum atomic E-state index is 13.9. The number of nitrogens with one attached hydrogen (secondary N) is 1. The molecule has 0 atom stereocenters. The van der Waals surface area contributed by atoms with E-state index in [1.807, 2.05) is 0 Å². The van der Waals surface area contributed by atoms with Gasteiger partial charge in [0.1, 0.15) is 0 Å². The second-order valence-electron chi connectivity index (χ2n) is 4.12. The van der Waals surface area contributed by atoms with Crippen LogP contribution >= 0.6 is 35.4 Å². The molecule has 1 heterocycles. The third kappa shape index (κ3) is 2.02. The second-order valence-corrected chi connectivity index (χ2v) is 5.32. The maximum Gasteiger partial charge on any atom is 0.182 e. The van der Waals surface area contributed by atoms with E-state index in [-0.39, 0.29) is 10.5 Å². The largest absolute Gasteiger partial charge is 0.330 e. The summed E-state index contributed by atoms with van der Waals surface area (Å²) in [5.74, 6) is -1.92. The van der Waals surface area contributed by atoms with Crippen molar-refractivity contribution < 1.29 is 8.78 Å². The Kier molecular flexibility index (Phi) is 3.28. The van der Waals surface area contributed by atoms with E-state index in [4.69, 9.17) is 35.4 Å². The van der Waals surface area contributed by atoms with Gasteiger partial charge < -0.3 is 4.98 Å². The molecule has 0 fully saturated rings. The number of H-pyrrole nitrogens is 1. The first kappa shape index (κ1) is 13.5. The molecule has 20 heavy (non-hydrogen) atoms. The zero-order chi connectivity index (χ0) is 14.4. The van der Waals surface area contributed by atoms with Gasteiger partial charge in [-0.05, 0) is 36.5 Å². The fraction of sp³-hybridized carbons (Fsp3) is 0. The van der Waals surface area contributed by atoms with Crippen LogP contribution in [0.25, 0.3) is 16.7 Å². The number of hydrogen-bond donors (Lipinski definition) is 1. The Morgan fingerprint density at radius 2 is 1.80 bits per heavy atom. The number of hydrogen-bond acceptors (Lipinski definition) is 1. The van der Waals surface area contributed by atoms with Gasteiger partial charge in [0, 0.05) is 0 Å². The highest BCUT2D eigenvalue weighted by molar-refractivity contribution is 7.71. The molecule has 3 rings (SSSR count). The first-order valence-electron chi connectivity index (χ1n) is 5.53. The predicted molar refractivity (Wildman–Crippen MR) is 78.4 cm³/mol. The van der Waals surface area contributed by atoms with Crippen molar-refractivity contribution in [2.24, 2.45) is 0 Å². The van der Waals surface area contributed by atoms with E-state index >= 15 is 0 Å². The van der Waals surface area contributed by atoms with Gasteiger partial charge in [0.2, 0.25) is 0 Å². The van der Waals surface area contributed by atoms with E-state index in [0.717, 1.165) is 6.07 Å². The van der Waals surface area contributed by atoms with Crippen LogP contribution in [0.15, 0.2) is 30.3 Å². The summed E-state index contributed by atoms with van der Waals surface area (Å²) >= 11 is 17.0. The molecule has 0 amide bonds. The van der Waals surface area contributed by atoms with Gasteiger partial charge in [-0.2, -0.15) is 0 Å². The number of nitrogens with zero attached hydrogens (tertiary/aromatic N) is 1. The monoisotopic (exact) mass is 330 g/mol. The average molecular weight is 331 g/mol. The molecule has 0 saturated heterocycles. The number of imidazole rings is 1. The molecule has 0 aliphatic rings. The molecule has 1 aromatic heterocycles. The molecule has 0 aliphatic heterocycles. The average Bonchev–Trinajstić information content (AvgIpc) is 2.69. The minimum Gasteiger partial charge on any atom is -0.330 e. The van der Waals surface area contributed by atoms with Gasteiger partial charge in [0.15, 0.2) is 16.4 Å². The molecule has 7 heteroatoms. The summed E-state index contributed by atoms with van der Waals surface area (Å²) in [6.45, 7) is 0. The van der Waals surface area contributed by atoms with Crippen molar-refractivity contribution in [1.29, 1.82) is 0 Å². The highest BCUT2D eigenvalue weighted by Gasteiger charge is 2.15. The first-order chi connectivity index (χ1) is 9.49. The van der Waals surface area contributed by atoms with Gasteiger partial charge in [0.25, 0.3) is 0 Å². The fourth-order valence-corrected chi connectivity index (χ4v) is 2.63. The third-order valence-electron chi connectivity index (χ3n) is 2.90. The van der Waals surface area contributed by atoms with Crippen LogP contribution in [0.5, 0.6) is 0 Å². The van der Waals surface area contributed by atoms with Crippen LogP contribution in [0.2, 0.25) is 10.0 Å². The van der Waals surface area contributed by atoms with Crippen molar-refractivity contribution in [3.63, 3.8) is 0 Å². The summed E-state index contributed by atoms with van der Waals surface area (Å²) < 4.78 is 28.9. The Labute approximate surface area is 127 Å². The van der Waals surface area contributed by atoms with E-state index in [9.17, 15) is 8.78 Å². The van der Waals surface area contributed by atoms with Gasteiger partial charge in [0.05, 0.1) is 26.8 Å². The lowest BCUT2D eigenvalue weighted by molar-refractivity contribution is 0.504. The van der Waals surface area contributed by atoms with Crippen molar-refractivity contribution in [2.75, 3.05) is 0 Å². The number of aromatic amines is 1. The predicted octanol–water partition coefficient (Wildman–Crippen LogP) is 5.27. The molecule has 0 spiro atoms. The lowest BCUT2D eigenvalue weighted by Crippen LogP contribution is -1.99. The number of aromatic nitrogens is 2. The topological polar surface area (TPSA) is 20.7 Å². The van der Waals surface area contributed by atoms with Gasteiger partial charge in [-0.15, -0.1) is 0 Å². The molecule has 102 valence electrons. The zero-order valence-corrected chi connectivity index (χ0v) is 12.1. The van der Waals surface area contributed by atoms with Crippen LogP contribution in [-0.4, -0.2) is 9.55 Å². The number of rotatable bonds is 1. The summed E-state index contributed by atoms with van der Waals surface area (Å²) in [7, 11) is 0. The van der Waals surface area contributed by atoms with Gasteiger partial charge >= 0.3 is 0 Å². The van der Waals surface area contributed by atoms with Crippen molar-refractivity contribution >= 4 is 46.5 Å². The second kappa shape index (κ2) is 4.84. The smallest absolute Gasteiger partial charge is 0.182 e. The first-order valence-corrected chi connectivity index (χ1v) is 6.69. The van der Waals surface area contributed by atoms with E-state index in [1.165, 1.54) is 16.7 Å². The molecule has 2 nitrogen and oxygen atoms in total. The summed E-state index contributed by atoms with van der Waals surface area (Å²) in [4.78, 5) is 2.89. The summed E-state index contributed by atoms with van der Waals surface area (Å²) in [6.07, 6.45) is 0. The van der Waals surface area contributed by atoms with E-state index in [2.05, 4.69) is 4.98 Å². The quantitative estimate of drug-likeness (QED) is 0.602. The van der Waals surface area contributed by atoms with Crippen LogP contribution in [0.3, 0.4) is 0 Å². The van der Waals surface area contributed by atoms with Crippen LogP contribution in [0.1, 0.15) is 0 Å². The molecule has 2 aromatic carbocycles. The van der Waals surface area contributed by atoms with Gasteiger partial charge in [-0.1, -0.05) is 29.3 Å². The lowest BCUT2D eigenvalue weighted by Gasteiger charge is -2.07. The molecule has 0 bridgehead atoms. The van der Waals surface area contributed by atoms with Crippen molar-refractivity contribution in [1.82, 2.24) is 9.55 Å². The Morgan fingerprint density at radius 1 is 1.10 bits per heavy atom. The van der Waals surface area contributed by atoms with Crippen molar-refractivity contribution in [3.8, 4) is 5.69 Å². The molecule has 0 saturated carbocycles. The van der Waals surface area contributed by atoms with E-state index in [0.29, 0.717) is 21.1 Å².